The molecule has 0 saturated carbocycles. The number of rotatable bonds is 5. The zero-order valence-electron chi connectivity index (χ0n) is 14.4. The molecule has 4 nitrogen and oxygen atoms in total. The van der Waals surface area contributed by atoms with Crippen molar-refractivity contribution in [3.8, 4) is 0 Å². The monoisotopic (exact) mass is 357 g/mol. The maximum absolute atomic E-state index is 11.9. The molecule has 0 unspecified atom stereocenters. The number of esters is 1. The van der Waals surface area contributed by atoms with Crippen molar-refractivity contribution in [1.82, 2.24) is 0 Å². The van der Waals surface area contributed by atoms with Crippen molar-refractivity contribution in [2.24, 2.45) is 0 Å². The lowest BCUT2D eigenvalue weighted by Crippen LogP contribution is -2.20. The number of anilines is 1. The van der Waals surface area contributed by atoms with Crippen LogP contribution in [0.3, 0.4) is 0 Å². The molecule has 2 aromatic rings. The van der Waals surface area contributed by atoms with Crippen molar-refractivity contribution in [1.29, 1.82) is 0 Å². The van der Waals surface area contributed by atoms with Crippen molar-refractivity contribution in [2.75, 3.05) is 11.9 Å². The Kier molecular flexibility index (Phi) is 6.37. The Bertz CT molecular complexity index is 828. The third kappa shape index (κ3) is 5.76. The topological polar surface area (TPSA) is 55.4 Å². The van der Waals surface area contributed by atoms with Crippen LogP contribution in [0, 0.1) is 20.8 Å². The highest BCUT2D eigenvalue weighted by Gasteiger charge is 2.07. The maximum atomic E-state index is 11.9. The molecule has 0 bridgehead atoms. The van der Waals surface area contributed by atoms with Gasteiger partial charge in [0.05, 0.1) is 0 Å². The van der Waals surface area contributed by atoms with Gasteiger partial charge in [0.25, 0.3) is 5.91 Å². The summed E-state index contributed by atoms with van der Waals surface area (Å²) in [5, 5.41) is 3.35. The Hall–Kier alpha value is -2.59. The number of benzene rings is 2. The van der Waals surface area contributed by atoms with E-state index >= 15 is 0 Å². The van der Waals surface area contributed by atoms with Crippen LogP contribution in [0.5, 0.6) is 0 Å². The second kappa shape index (κ2) is 8.49. The Balaban J connectivity index is 1.85. The SMILES string of the molecule is Cc1ccc(NC(=O)COC(=O)/C=C/c2ccc(C)c(Cl)c2)c(C)c1. The summed E-state index contributed by atoms with van der Waals surface area (Å²) in [6, 6.07) is 11.2. The number of ether oxygens (including phenoxy) is 1. The van der Waals surface area contributed by atoms with Crippen LogP contribution in [0.15, 0.2) is 42.5 Å². The molecule has 5 heteroatoms. The minimum absolute atomic E-state index is 0.342. The quantitative estimate of drug-likeness (QED) is 0.635. The fraction of sp³-hybridized carbons (Fsp3) is 0.200. The van der Waals surface area contributed by atoms with Gasteiger partial charge in [-0.2, -0.15) is 0 Å². The van der Waals surface area contributed by atoms with Crippen LogP contribution in [-0.2, 0) is 14.3 Å². The Morgan fingerprint density at radius 2 is 1.84 bits per heavy atom. The van der Waals surface area contributed by atoms with E-state index in [0.717, 1.165) is 22.3 Å². The van der Waals surface area contributed by atoms with Gasteiger partial charge in [0.1, 0.15) is 0 Å². The average molecular weight is 358 g/mol. The molecule has 2 aromatic carbocycles. The Morgan fingerprint density at radius 3 is 2.52 bits per heavy atom. The van der Waals surface area contributed by atoms with Crippen molar-refractivity contribution < 1.29 is 14.3 Å². The highest BCUT2D eigenvalue weighted by Crippen LogP contribution is 2.18. The lowest BCUT2D eigenvalue weighted by atomic mass is 10.1. The fourth-order valence-electron chi connectivity index (χ4n) is 2.20. The van der Waals surface area contributed by atoms with E-state index in [1.165, 1.54) is 6.08 Å². The molecule has 0 radical (unpaired) electrons. The molecule has 0 heterocycles. The van der Waals surface area contributed by atoms with E-state index in [1.807, 2.05) is 51.1 Å². The molecule has 0 aromatic heterocycles. The minimum atomic E-state index is -0.590. The third-order valence-electron chi connectivity index (χ3n) is 3.61. The first-order chi connectivity index (χ1) is 11.8. The van der Waals surface area contributed by atoms with Gasteiger partial charge in [-0.1, -0.05) is 41.4 Å². The van der Waals surface area contributed by atoms with E-state index in [0.29, 0.717) is 10.7 Å². The Morgan fingerprint density at radius 1 is 1.08 bits per heavy atom. The van der Waals surface area contributed by atoms with Gasteiger partial charge in [-0.25, -0.2) is 4.79 Å². The van der Waals surface area contributed by atoms with Gasteiger partial charge in [-0.05, 0) is 55.7 Å². The molecular formula is C20H20ClNO3. The van der Waals surface area contributed by atoms with Gasteiger partial charge < -0.3 is 10.1 Å². The molecule has 130 valence electrons. The predicted molar refractivity (Wildman–Crippen MR) is 101 cm³/mol. The maximum Gasteiger partial charge on any atom is 0.331 e. The largest absolute Gasteiger partial charge is 0.452 e. The summed E-state index contributed by atoms with van der Waals surface area (Å²) in [6.07, 6.45) is 2.86. The molecule has 25 heavy (non-hydrogen) atoms. The lowest BCUT2D eigenvalue weighted by Gasteiger charge is -2.09. The molecule has 0 spiro atoms. The van der Waals surface area contributed by atoms with Crippen molar-refractivity contribution in [3.05, 3.63) is 69.8 Å². The number of hydrogen-bond donors (Lipinski definition) is 1. The molecule has 1 amide bonds. The van der Waals surface area contributed by atoms with Crippen LogP contribution in [0.25, 0.3) is 6.08 Å². The van der Waals surface area contributed by atoms with E-state index in [-0.39, 0.29) is 12.5 Å². The van der Waals surface area contributed by atoms with Crippen molar-refractivity contribution in [3.63, 3.8) is 0 Å². The molecule has 1 N–H and O–H groups in total. The number of nitrogens with one attached hydrogen (secondary N) is 1. The number of aryl methyl sites for hydroxylation is 3. The van der Waals surface area contributed by atoms with Crippen LogP contribution in [0.2, 0.25) is 5.02 Å². The summed E-state index contributed by atoms with van der Waals surface area (Å²) in [6.45, 7) is 5.45. The van der Waals surface area contributed by atoms with E-state index in [2.05, 4.69) is 5.32 Å². The highest BCUT2D eigenvalue weighted by molar-refractivity contribution is 6.31. The molecule has 0 aliphatic rings. The van der Waals surface area contributed by atoms with E-state index in [1.54, 1.807) is 12.1 Å². The molecule has 0 saturated heterocycles. The molecule has 2 rings (SSSR count). The van der Waals surface area contributed by atoms with Crippen molar-refractivity contribution >= 4 is 35.2 Å². The van der Waals surface area contributed by atoms with Crippen LogP contribution in [0.1, 0.15) is 22.3 Å². The fourth-order valence-corrected chi connectivity index (χ4v) is 2.39. The summed E-state index contributed by atoms with van der Waals surface area (Å²) >= 11 is 6.03. The van der Waals surface area contributed by atoms with Gasteiger partial charge in [0.15, 0.2) is 6.61 Å². The predicted octanol–water partition coefficient (Wildman–Crippen LogP) is 4.46. The lowest BCUT2D eigenvalue weighted by molar-refractivity contribution is -0.142. The molecule has 0 aliphatic carbocycles. The third-order valence-corrected chi connectivity index (χ3v) is 4.02. The summed E-state index contributed by atoms with van der Waals surface area (Å²) in [4.78, 5) is 23.6. The molecule has 0 atom stereocenters. The second-order valence-corrected chi connectivity index (χ2v) is 6.22. The normalized spacial score (nSPS) is 10.7. The summed E-state index contributed by atoms with van der Waals surface area (Å²) in [5.74, 6) is -0.973. The second-order valence-electron chi connectivity index (χ2n) is 5.82. The van der Waals surface area contributed by atoms with E-state index < -0.39 is 5.97 Å². The first-order valence-corrected chi connectivity index (χ1v) is 8.21. The van der Waals surface area contributed by atoms with Gasteiger partial charge in [0, 0.05) is 16.8 Å². The summed E-state index contributed by atoms with van der Waals surface area (Å²) in [5.41, 5.74) is 4.52. The van der Waals surface area contributed by atoms with Crippen molar-refractivity contribution in [2.45, 2.75) is 20.8 Å². The smallest absolute Gasteiger partial charge is 0.331 e. The summed E-state index contributed by atoms with van der Waals surface area (Å²) in [7, 11) is 0. The zero-order valence-corrected chi connectivity index (χ0v) is 15.2. The minimum Gasteiger partial charge on any atom is -0.452 e. The Labute approximate surface area is 152 Å². The number of carbonyl (C=O) groups excluding carboxylic acids is 2. The molecular weight excluding hydrogens is 338 g/mol. The standard InChI is InChI=1S/C20H20ClNO3/c1-13-4-8-18(15(3)10-13)22-19(23)12-25-20(24)9-7-16-6-5-14(2)17(21)11-16/h4-11H,12H2,1-3H3,(H,22,23)/b9-7+. The number of amides is 1. The van der Waals surface area contributed by atoms with Crippen LogP contribution < -0.4 is 5.32 Å². The first kappa shape index (κ1) is 18.7. The van der Waals surface area contributed by atoms with Crippen LogP contribution in [-0.4, -0.2) is 18.5 Å². The van der Waals surface area contributed by atoms with Crippen LogP contribution >= 0.6 is 11.6 Å². The van der Waals surface area contributed by atoms with E-state index in [9.17, 15) is 9.59 Å². The van der Waals surface area contributed by atoms with Gasteiger partial charge in [0.2, 0.25) is 0 Å². The summed E-state index contributed by atoms with van der Waals surface area (Å²) < 4.78 is 4.94. The van der Waals surface area contributed by atoms with Crippen LogP contribution in [0.4, 0.5) is 5.69 Å². The first-order valence-electron chi connectivity index (χ1n) is 7.83. The zero-order chi connectivity index (χ0) is 18.4. The number of halogens is 1. The van der Waals surface area contributed by atoms with Gasteiger partial charge in [-0.15, -0.1) is 0 Å². The van der Waals surface area contributed by atoms with Gasteiger partial charge >= 0.3 is 5.97 Å². The number of carbonyl (C=O) groups is 2. The molecule has 0 fully saturated rings. The molecule has 0 aliphatic heterocycles. The van der Waals surface area contributed by atoms with E-state index in [4.69, 9.17) is 16.3 Å². The average Bonchev–Trinajstić information content (AvgIpc) is 2.56. The highest BCUT2D eigenvalue weighted by atomic mass is 35.5. The van der Waals surface area contributed by atoms with Gasteiger partial charge in [-0.3, -0.25) is 4.79 Å². The number of hydrogen-bond acceptors (Lipinski definition) is 3.